The van der Waals surface area contributed by atoms with E-state index in [-0.39, 0.29) is 0 Å². The second-order valence-electron chi connectivity index (χ2n) is 5.62. The summed E-state index contributed by atoms with van der Waals surface area (Å²) in [5.41, 5.74) is 8.52. The average Bonchev–Trinajstić information content (AvgIpc) is 2.88. The van der Waals surface area contributed by atoms with E-state index in [0.717, 1.165) is 31.8 Å². The first-order valence-corrected chi connectivity index (χ1v) is 8.72. The van der Waals surface area contributed by atoms with E-state index in [1.54, 1.807) is 0 Å². The maximum atomic E-state index is 11.8. The minimum absolute atomic E-state index is 0.328. The Hall–Kier alpha value is -1.20. The molecule has 2 N–H and O–H groups in total. The van der Waals surface area contributed by atoms with Crippen LogP contribution in [-0.4, -0.2) is 42.2 Å². The number of piperazine rings is 1. The van der Waals surface area contributed by atoms with Crippen LogP contribution in [0, 0.1) is 0 Å². The predicted molar refractivity (Wildman–Crippen MR) is 87.7 cm³/mol. The molecule has 0 aromatic heterocycles. The number of thioether (sulfide) groups is 1. The molecule has 1 aromatic carbocycles. The summed E-state index contributed by atoms with van der Waals surface area (Å²) >= 11 is 1.85. The number of hydrogen-bond acceptors (Lipinski definition) is 4. The van der Waals surface area contributed by atoms with Crippen molar-refractivity contribution < 1.29 is 4.79 Å². The SMILES string of the molecule is CCSc1cccc(N2CCN3C(=O)CCC3C2)c1CN. The largest absolute Gasteiger partial charge is 0.367 e. The zero-order valence-corrected chi connectivity index (χ0v) is 13.4. The monoisotopic (exact) mass is 305 g/mol. The van der Waals surface area contributed by atoms with Crippen LogP contribution >= 0.6 is 11.8 Å². The van der Waals surface area contributed by atoms with Crippen LogP contribution in [-0.2, 0) is 11.3 Å². The molecule has 0 radical (unpaired) electrons. The Morgan fingerprint density at radius 3 is 3.00 bits per heavy atom. The fourth-order valence-corrected chi connectivity index (χ4v) is 4.28. The Labute approximate surface area is 130 Å². The zero-order chi connectivity index (χ0) is 14.8. The van der Waals surface area contributed by atoms with E-state index in [2.05, 4.69) is 34.9 Å². The second kappa shape index (κ2) is 6.28. The summed E-state index contributed by atoms with van der Waals surface area (Å²) < 4.78 is 0. The molecule has 2 heterocycles. The van der Waals surface area contributed by atoms with Gasteiger partial charge in [0.15, 0.2) is 0 Å². The van der Waals surface area contributed by atoms with E-state index >= 15 is 0 Å². The Kier molecular flexibility index (Phi) is 4.40. The fraction of sp³-hybridized carbons (Fsp3) is 0.562. The number of nitrogens with zero attached hydrogens (tertiary/aromatic N) is 2. The molecular weight excluding hydrogens is 282 g/mol. The van der Waals surface area contributed by atoms with Crippen molar-refractivity contribution in [3.8, 4) is 0 Å². The van der Waals surface area contributed by atoms with Crippen LogP contribution in [0.1, 0.15) is 25.3 Å². The minimum atomic E-state index is 0.328. The fourth-order valence-electron chi connectivity index (χ4n) is 3.43. The first-order valence-electron chi connectivity index (χ1n) is 7.73. The lowest BCUT2D eigenvalue weighted by molar-refractivity contribution is -0.129. The van der Waals surface area contributed by atoms with E-state index < -0.39 is 0 Å². The summed E-state index contributed by atoms with van der Waals surface area (Å²) in [6.45, 7) is 5.44. The molecule has 114 valence electrons. The molecule has 3 rings (SSSR count). The molecule has 2 aliphatic rings. The zero-order valence-electron chi connectivity index (χ0n) is 12.5. The molecule has 0 saturated carbocycles. The van der Waals surface area contributed by atoms with Crippen molar-refractivity contribution >= 4 is 23.4 Å². The van der Waals surface area contributed by atoms with Gasteiger partial charge in [-0.25, -0.2) is 0 Å². The van der Waals surface area contributed by atoms with E-state index in [1.165, 1.54) is 16.1 Å². The lowest BCUT2D eigenvalue weighted by Gasteiger charge is -2.39. The Morgan fingerprint density at radius 2 is 2.24 bits per heavy atom. The molecule has 21 heavy (non-hydrogen) atoms. The molecule has 1 unspecified atom stereocenters. The molecule has 2 saturated heterocycles. The van der Waals surface area contributed by atoms with Gasteiger partial charge in [-0.2, -0.15) is 0 Å². The van der Waals surface area contributed by atoms with Gasteiger partial charge < -0.3 is 15.5 Å². The van der Waals surface area contributed by atoms with Gasteiger partial charge in [0.25, 0.3) is 0 Å². The van der Waals surface area contributed by atoms with Crippen molar-refractivity contribution in [3.63, 3.8) is 0 Å². The van der Waals surface area contributed by atoms with Crippen LogP contribution in [0.25, 0.3) is 0 Å². The number of amides is 1. The molecule has 5 heteroatoms. The lowest BCUT2D eigenvalue weighted by Crippen LogP contribution is -2.51. The lowest BCUT2D eigenvalue weighted by atomic mass is 10.1. The summed E-state index contributed by atoms with van der Waals surface area (Å²) in [4.78, 5) is 17.6. The van der Waals surface area contributed by atoms with Crippen molar-refractivity contribution in [2.75, 3.05) is 30.3 Å². The van der Waals surface area contributed by atoms with E-state index in [0.29, 0.717) is 24.9 Å². The highest BCUT2D eigenvalue weighted by molar-refractivity contribution is 7.99. The maximum Gasteiger partial charge on any atom is 0.223 e. The summed E-state index contributed by atoms with van der Waals surface area (Å²) in [5, 5.41) is 0. The smallest absolute Gasteiger partial charge is 0.223 e. The first kappa shape index (κ1) is 14.7. The quantitative estimate of drug-likeness (QED) is 0.865. The normalized spacial score (nSPS) is 21.8. The summed E-state index contributed by atoms with van der Waals surface area (Å²) in [6, 6.07) is 6.85. The van der Waals surface area contributed by atoms with E-state index in [9.17, 15) is 4.79 Å². The van der Waals surface area contributed by atoms with Crippen molar-refractivity contribution in [3.05, 3.63) is 23.8 Å². The van der Waals surface area contributed by atoms with Crippen LogP contribution in [0.2, 0.25) is 0 Å². The third-order valence-corrected chi connectivity index (χ3v) is 5.43. The van der Waals surface area contributed by atoms with Gasteiger partial charge in [-0.1, -0.05) is 13.0 Å². The Balaban J connectivity index is 1.84. The van der Waals surface area contributed by atoms with E-state index in [4.69, 9.17) is 5.73 Å². The van der Waals surface area contributed by atoms with Crippen LogP contribution in [0.4, 0.5) is 5.69 Å². The number of hydrogen-bond donors (Lipinski definition) is 1. The standard InChI is InChI=1S/C16H23N3OS/c1-2-21-15-5-3-4-14(13(15)10-17)18-8-9-19-12(11-18)6-7-16(19)20/h3-5,12H,2,6-11,17H2,1H3. The Morgan fingerprint density at radius 1 is 1.38 bits per heavy atom. The van der Waals surface area contributed by atoms with Crippen molar-refractivity contribution in [2.24, 2.45) is 5.73 Å². The molecule has 1 amide bonds. The third-order valence-electron chi connectivity index (χ3n) is 4.45. The van der Waals surface area contributed by atoms with Crippen molar-refractivity contribution in [1.82, 2.24) is 4.90 Å². The molecule has 4 nitrogen and oxygen atoms in total. The van der Waals surface area contributed by atoms with Gasteiger partial charge in [0, 0.05) is 54.8 Å². The molecule has 2 fully saturated rings. The van der Waals surface area contributed by atoms with Crippen molar-refractivity contribution in [1.29, 1.82) is 0 Å². The Bertz CT molecular complexity index is 534. The highest BCUT2D eigenvalue weighted by Crippen LogP contribution is 2.33. The number of rotatable bonds is 4. The van der Waals surface area contributed by atoms with Gasteiger partial charge in [-0.05, 0) is 24.3 Å². The van der Waals surface area contributed by atoms with E-state index in [1.807, 2.05) is 11.8 Å². The average molecular weight is 305 g/mol. The van der Waals surface area contributed by atoms with Gasteiger partial charge in [0.2, 0.25) is 5.91 Å². The predicted octanol–water partition coefficient (Wildman–Crippen LogP) is 2.07. The minimum Gasteiger partial charge on any atom is -0.367 e. The molecule has 2 aliphatic heterocycles. The van der Waals surface area contributed by atoms with Crippen LogP contribution in [0.15, 0.2) is 23.1 Å². The summed E-state index contributed by atoms with van der Waals surface area (Å²) in [6.07, 6.45) is 1.71. The van der Waals surface area contributed by atoms with Crippen LogP contribution in [0.5, 0.6) is 0 Å². The number of nitrogens with two attached hydrogens (primary N) is 1. The second-order valence-corrected chi connectivity index (χ2v) is 6.92. The van der Waals surface area contributed by atoms with Gasteiger partial charge in [0.1, 0.15) is 0 Å². The molecular formula is C16H23N3OS. The number of anilines is 1. The number of fused-ring (bicyclic) bond motifs is 1. The van der Waals surface area contributed by atoms with Crippen molar-refractivity contribution in [2.45, 2.75) is 37.2 Å². The van der Waals surface area contributed by atoms with Crippen LogP contribution < -0.4 is 10.6 Å². The highest BCUT2D eigenvalue weighted by atomic mass is 32.2. The van der Waals surface area contributed by atoms with Gasteiger partial charge >= 0.3 is 0 Å². The number of carbonyl (C=O) groups is 1. The van der Waals surface area contributed by atoms with Gasteiger partial charge in [0.05, 0.1) is 0 Å². The van der Waals surface area contributed by atoms with Crippen LogP contribution in [0.3, 0.4) is 0 Å². The number of benzene rings is 1. The molecule has 0 spiro atoms. The topological polar surface area (TPSA) is 49.6 Å². The summed E-state index contributed by atoms with van der Waals surface area (Å²) in [5.74, 6) is 1.38. The van der Waals surface area contributed by atoms with Gasteiger partial charge in [-0.15, -0.1) is 11.8 Å². The summed E-state index contributed by atoms with van der Waals surface area (Å²) in [7, 11) is 0. The number of carbonyl (C=O) groups excluding carboxylic acids is 1. The third kappa shape index (κ3) is 2.77. The molecule has 0 bridgehead atoms. The molecule has 1 atom stereocenters. The van der Waals surface area contributed by atoms with Gasteiger partial charge in [-0.3, -0.25) is 4.79 Å². The molecule has 0 aliphatic carbocycles. The molecule has 1 aromatic rings. The highest BCUT2D eigenvalue weighted by Gasteiger charge is 2.35. The first-order chi connectivity index (χ1) is 10.2. The maximum absolute atomic E-state index is 11.8.